The SMILES string of the molecule is O=C(CC1(O)CCCCC1)NCCCc1cccc(F)c1. The normalized spacial score (nSPS) is 17.4. The fourth-order valence-electron chi connectivity index (χ4n) is 2.96. The maximum Gasteiger partial charge on any atom is 0.222 e. The average molecular weight is 293 g/mol. The second-order valence-electron chi connectivity index (χ2n) is 6.05. The first-order chi connectivity index (χ1) is 10.1. The van der Waals surface area contributed by atoms with E-state index in [4.69, 9.17) is 0 Å². The van der Waals surface area contributed by atoms with E-state index < -0.39 is 5.60 Å². The van der Waals surface area contributed by atoms with Crippen molar-refractivity contribution >= 4 is 5.91 Å². The Labute approximate surface area is 125 Å². The van der Waals surface area contributed by atoms with E-state index >= 15 is 0 Å². The molecule has 2 N–H and O–H groups in total. The molecule has 1 amide bonds. The molecule has 116 valence electrons. The van der Waals surface area contributed by atoms with Gasteiger partial charge in [0.2, 0.25) is 5.91 Å². The van der Waals surface area contributed by atoms with E-state index in [2.05, 4.69) is 5.32 Å². The second-order valence-corrected chi connectivity index (χ2v) is 6.05. The largest absolute Gasteiger partial charge is 0.389 e. The van der Waals surface area contributed by atoms with Gasteiger partial charge in [0.05, 0.1) is 12.0 Å². The number of rotatable bonds is 6. The molecule has 0 bridgehead atoms. The third-order valence-corrected chi connectivity index (χ3v) is 4.13. The molecule has 0 spiro atoms. The van der Waals surface area contributed by atoms with E-state index in [0.717, 1.165) is 50.5 Å². The molecule has 1 aromatic carbocycles. The fraction of sp³-hybridized carbons (Fsp3) is 0.588. The standard InChI is InChI=1S/C17H24FNO2/c18-15-8-4-6-14(12-15)7-5-11-19-16(20)13-17(21)9-2-1-3-10-17/h4,6,8,12,21H,1-3,5,7,9-11,13H2,(H,19,20). The fourth-order valence-corrected chi connectivity index (χ4v) is 2.96. The Morgan fingerprint density at radius 2 is 2.05 bits per heavy atom. The maximum atomic E-state index is 13.0. The van der Waals surface area contributed by atoms with Gasteiger partial charge in [0.15, 0.2) is 0 Å². The van der Waals surface area contributed by atoms with Gasteiger partial charge in [-0.05, 0) is 43.4 Å². The summed E-state index contributed by atoms with van der Waals surface area (Å²) >= 11 is 0. The topological polar surface area (TPSA) is 49.3 Å². The molecule has 21 heavy (non-hydrogen) atoms. The average Bonchev–Trinajstić information content (AvgIpc) is 2.44. The molecule has 1 aliphatic rings. The van der Waals surface area contributed by atoms with Crippen molar-refractivity contribution in [1.29, 1.82) is 0 Å². The zero-order valence-corrected chi connectivity index (χ0v) is 12.4. The van der Waals surface area contributed by atoms with E-state index in [1.807, 2.05) is 6.07 Å². The van der Waals surface area contributed by atoms with Crippen LogP contribution in [0.4, 0.5) is 4.39 Å². The molecule has 1 saturated carbocycles. The molecule has 0 radical (unpaired) electrons. The van der Waals surface area contributed by atoms with Gasteiger partial charge in [-0.1, -0.05) is 31.4 Å². The van der Waals surface area contributed by atoms with Gasteiger partial charge >= 0.3 is 0 Å². The number of aliphatic hydroxyl groups is 1. The number of nitrogens with one attached hydrogen (secondary N) is 1. The third kappa shape index (κ3) is 5.46. The van der Waals surface area contributed by atoms with Crippen LogP contribution >= 0.6 is 0 Å². The molecule has 1 aliphatic carbocycles. The number of benzene rings is 1. The van der Waals surface area contributed by atoms with E-state index in [1.165, 1.54) is 12.1 Å². The Balaban J connectivity index is 1.65. The number of halogens is 1. The van der Waals surface area contributed by atoms with Crippen LogP contribution in [0.15, 0.2) is 24.3 Å². The van der Waals surface area contributed by atoms with Crippen LogP contribution < -0.4 is 5.32 Å². The highest BCUT2D eigenvalue weighted by Crippen LogP contribution is 2.30. The zero-order chi connectivity index (χ0) is 15.1. The molecule has 2 rings (SSSR count). The van der Waals surface area contributed by atoms with E-state index in [0.29, 0.717) is 6.54 Å². The summed E-state index contributed by atoms with van der Waals surface area (Å²) in [6.45, 7) is 0.561. The Morgan fingerprint density at radius 3 is 2.76 bits per heavy atom. The first-order valence-corrected chi connectivity index (χ1v) is 7.81. The number of hydrogen-bond donors (Lipinski definition) is 2. The van der Waals surface area contributed by atoms with Crippen molar-refractivity contribution in [3.05, 3.63) is 35.6 Å². The lowest BCUT2D eigenvalue weighted by molar-refractivity contribution is -0.127. The predicted molar refractivity (Wildman–Crippen MR) is 80.4 cm³/mol. The lowest BCUT2D eigenvalue weighted by atomic mass is 9.82. The van der Waals surface area contributed by atoms with Gasteiger partial charge in [0.1, 0.15) is 5.82 Å². The van der Waals surface area contributed by atoms with E-state index in [9.17, 15) is 14.3 Å². The Morgan fingerprint density at radius 1 is 1.29 bits per heavy atom. The Kier molecular flexibility index (Phi) is 5.74. The monoisotopic (exact) mass is 293 g/mol. The Bertz CT molecular complexity index is 470. The van der Waals surface area contributed by atoms with Crippen molar-refractivity contribution in [2.45, 2.75) is 57.0 Å². The molecule has 3 nitrogen and oxygen atoms in total. The molecule has 0 atom stereocenters. The Hall–Kier alpha value is -1.42. The molecule has 0 unspecified atom stereocenters. The van der Waals surface area contributed by atoms with Crippen LogP contribution in [0.5, 0.6) is 0 Å². The summed E-state index contributed by atoms with van der Waals surface area (Å²) in [5, 5.41) is 13.2. The van der Waals surface area contributed by atoms with Crippen LogP contribution in [0.2, 0.25) is 0 Å². The predicted octanol–water partition coefficient (Wildman–Crippen LogP) is 2.96. The molecular formula is C17H24FNO2. The highest BCUT2D eigenvalue weighted by Gasteiger charge is 2.31. The minimum atomic E-state index is -0.801. The molecule has 4 heteroatoms. The van der Waals surface area contributed by atoms with Crippen molar-refractivity contribution in [3.63, 3.8) is 0 Å². The smallest absolute Gasteiger partial charge is 0.222 e. The van der Waals surface area contributed by atoms with Crippen LogP contribution in [-0.4, -0.2) is 23.2 Å². The lowest BCUT2D eigenvalue weighted by Gasteiger charge is -2.31. The van der Waals surface area contributed by atoms with Gasteiger partial charge in [0, 0.05) is 6.54 Å². The molecule has 0 aliphatic heterocycles. The van der Waals surface area contributed by atoms with Gasteiger partial charge in [-0.25, -0.2) is 4.39 Å². The minimum Gasteiger partial charge on any atom is -0.389 e. The highest BCUT2D eigenvalue weighted by atomic mass is 19.1. The van der Waals surface area contributed by atoms with Gasteiger partial charge in [-0.2, -0.15) is 0 Å². The van der Waals surface area contributed by atoms with Crippen LogP contribution in [0.1, 0.15) is 50.5 Å². The summed E-state index contributed by atoms with van der Waals surface area (Å²) in [6, 6.07) is 6.53. The van der Waals surface area contributed by atoms with Gasteiger partial charge in [-0.15, -0.1) is 0 Å². The van der Waals surface area contributed by atoms with Crippen LogP contribution in [0, 0.1) is 5.82 Å². The first-order valence-electron chi connectivity index (χ1n) is 7.81. The number of carbonyl (C=O) groups is 1. The lowest BCUT2D eigenvalue weighted by Crippen LogP contribution is -2.38. The number of aryl methyl sites for hydroxylation is 1. The molecule has 1 fully saturated rings. The summed E-state index contributed by atoms with van der Waals surface area (Å²) in [7, 11) is 0. The van der Waals surface area contributed by atoms with Gasteiger partial charge in [-0.3, -0.25) is 4.79 Å². The highest BCUT2D eigenvalue weighted by molar-refractivity contribution is 5.77. The van der Waals surface area contributed by atoms with Gasteiger partial charge < -0.3 is 10.4 Å². The minimum absolute atomic E-state index is 0.0846. The zero-order valence-electron chi connectivity index (χ0n) is 12.4. The molecule has 0 heterocycles. The van der Waals surface area contributed by atoms with E-state index in [-0.39, 0.29) is 18.1 Å². The van der Waals surface area contributed by atoms with Gasteiger partial charge in [0.25, 0.3) is 0 Å². The second kappa shape index (κ2) is 7.55. The van der Waals surface area contributed by atoms with Crippen molar-refractivity contribution in [2.75, 3.05) is 6.54 Å². The number of carbonyl (C=O) groups excluding carboxylic acids is 1. The quantitative estimate of drug-likeness (QED) is 0.792. The molecular weight excluding hydrogens is 269 g/mol. The maximum absolute atomic E-state index is 13.0. The summed E-state index contributed by atoms with van der Waals surface area (Å²) in [5.74, 6) is -0.310. The van der Waals surface area contributed by atoms with Crippen molar-refractivity contribution in [3.8, 4) is 0 Å². The van der Waals surface area contributed by atoms with Crippen molar-refractivity contribution in [1.82, 2.24) is 5.32 Å². The van der Waals surface area contributed by atoms with Crippen LogP contribution in [0.25, 0.3) is 0 Å². The first kappa shape index (κ1) is 16.0. The molecule has 1 aromatic rings. The van der Waals surface area contributed by atoms with Crippen molar-refractivity contribution in [2.24, 2.45) is 0 Å². The molecule has 0 saturated heterocycles. The summed E-state index contributed by atoms with van der Waals surface area (Å²) in [6.07, 6.45) is 6.32. The number of amides is 1. The summed E-state index contributed by atoms with van der Waals surface area (Å²) < 4.78 is 13.0. The van der Waals surface area contributed by atoms with Crippen LogP contribution in [0.3, 0.4) is 0 Å². The third-order valence-electron chi connectivity index (χ3n) is 4.13. The summed E-state index contributed by atoms with van der Waals surface area (Å²) in [5.41, 5.74) is 0.139. The van der Waals surface area contributed by atoms with Crippen LogP contribution in [-0.2, 0) is 11.2 Å². The summed E-state index contributed by atoms with van der Waals surface area (Å²) in [4.78, 5) is 11.9. The molecule has 0 aromatic heterocycles. The number of hydrogen-bond acceptors (Lipinski definition) is 2. The van der Waals surface area contributed by atoms with Crippen molar-refractivity contribution < 1.29 is 14.3 Å². The van der Waals surface area contributed by atoms with E-state index in [1.54, 1.807) is 6.07 Å².